The number of hydrogen-bond acceptors (Lipinski definition) is 3. The minimum absolute atomic E-state index is 0.0262. The lowest BCUT2D eigenvalue weighted by Gasteiger charge is -1.95. The third-order valence-corrected chi connectivity index (χ3v) is 1.98. The van der Waals surface area contributed by atoms with Crippen LogP contribution in [-0.2, 0) is 7.05 Å². The van der Waals surface area contributed by atoms with Crippen molar-refractivity contribution in [3.8, 4) is 0 Å². The van der Waals surface area contributed by atoms with Crippen LogP contribution >= 0.6 is 0 Å². The van der Waals surface area contributed by atoms with Gasteiger partial charge in [-0.3, -0.25) is 9.48 Å². The number of rotatable bonds is 1. The topological polar surface area (TPSA) is 47.8 Å². The van der Waals surface area contributed by atoms with E-state index in [1.807, 2.05) is 7.05 Å². The van der Waals surface area contributed by atoms with Crippen molar-refractivity contribution in [1.29, 1.82) is 0 Å². The highest BCUT2D eigenvalue weighted by Crippen LogP contribution is 2.11. The summed E-state index contributed by atoms with van der Waals surface area (Å²) in [5, 5.41) is 4.94. The van der Waals surface area contributed by atoms with E-state index in [0.717, 1.165) is 11.0 Å². The number of pyridine rings is 1. The molecule has 4 heteroatoms. The molecule has 0 radical (unpaired) electrons. The van der Waals surface area contributed by atoms with Gasteiger partial charge in [-0.15, -0.1) is 0 Å². The predicted molar refractivity (Wildman–Crippen MR) is 48.5 cm³/mol. The average Bonchev–Trinajstić information content (AvgIpc) is 2.47. The quantitative estimate of drug-likeness (QED) is 0.611. The summed E-state index contributed by atoms with van der Waals surface area (Å²) in [5.74, 6) is 0.0262. The van der Waals surface area contributed by atoms with Crippen molar-refractivity contribution in [2.24, 2.45) is 7.05 Å². The summed E-state index contributed by atoms with van der Waals surface area (Å²) in [6.45, 7) is 1.53. The molecule has 0 bridgehead atoms. The maximum absolute atomic E-state index is 11.0. The Bertz CT molecular complexity index is 473. The summed E-state index contributed by atoms with van der Waals surface area (Å²) < 4.78 is 1.68. The van der Waals surface area contributed by atoms with Gasteiger partial charge >= 0.3 is 0 Å². The smallest absolute Gasteiger partial charge is 0.161 e. The van der Waals surface area contributed by atoms with Crippen molar-refractivity contribution in [1.82, 2.24) is 14.8 Å². The summed E-state index contributed by atoms with van der Waals surface area (Å²) in [6.07, 6.45) is 3.28. The summed E-state index contributed by atoms with van der Waals surface area (Å²) in [7, 11) is 1.82. The van der Waals surface area contributed by atoms with Gasteiger partial charge in [0.2, 0.25) is 0 Å². The van der Waals surface area contributed by atoms with Crippen molar-refractivity contribution in [3.05, 3.63) is 24.0 Å². The molecule has 0 saturated carbocycles. The first kappa shape index (κ1) is 7.91. The Morgan fingerprint density at radius 2 is 2.23 bits per heavy atom. The van der Waals surface area contributed by atoms with E-state index >= 15 is 0 Å². The van der Waals surface area contributed by atoms with Crippen LogP contribution in [0.5, 0.6) is 0 Å². The normalized spacial score (nSPS) is 10.6. The van der Waals surface area contributed by atoms with Crippen molar-refractivity contribution in [2.75, 3.05) is 0 Å². The maximum Gasteiger partial charge on any atom is 0.161 e. The molecule has 0 aliphatic heterocycles. The second-order valence-corrected chi connectivity index (χ2v) is 2.96. The van der Waals surface area contributed by atoms with E-state index in [4.69, 9.17) is 0 Å². The number of carbonyl (C=O) groups is 1. The molecule has 0 aromatic carbocycles. The molecule has 0 amide bonds. The van der Waals surface area contributed by atoms with Gasteiger partial charge < -0.3 is 0 Å². The van der Waals surface area contributed by atoms with Crippen LogP contribution in [0.1, 0.15) is 17.3 Å². The van der Waals surface area contributed by atoms with Crippen molar-refractivity contribution in [2.45, 2.75) is 6.92 Å². The number of Topliss-reactive ketones (excluding diaryl/α,β-unsaturated/α-hetero) is 1. The fourth-order valence-corrected chi connectivity index (χ4v) is 1.24. The summed E-state index contributed by atoms with van der Waals surface area (Å²) in [4.78, 5) is 15.2. The van der Waals surface area contributed by atoms with Gasteiger partial charge in [-0.1, -0.05) is 0 Å². The lowest BCUT2D eigenvalue weighted by molar-refractivity contribution is 0.101. The first-order chi connectivity index (χ1) is 6.18. The van der Waals surface area contributed by atoms with Crippen LogP contribution in [0.2, 0.25) is 0 Å². The lowest BCUT2D eigenvalue weighted by Crippen LogP contribution is -1.95. The number of nitrogens with zero attached hydrogens (tertiary/aromatic N) is 3. The van der Waals surface area contributed by atoms with Crippen molar-refractivity contribution in [3.63, 3.8) is 0 Å². The Kier molecular flexibility index (Phi) is 1.62. The Morgan fingerprint density at radius 3 is 2.92 bits per heavy atom. The SMILES string of the molecule is CC(=O)c1cnc2c(cnn2C)c1. The van der Waals surface area contributed by atoms with E-state index in [0.29, 0.717) is 5.56 Å². The summed E-state index contributed by atoms with van der Waals surface area (Å²) in [5.41, 5.74) is 1.42. The van der Waals surface area contributed by atoms with Gasteiger partial charge in [0, 0.05) is 24.2 Å². The van der Waals surface area contributed by atoms with E-state index in [2.05, 4.69) is 10.1 Å². The molecule has 0 unspecified atom stereocenters. The fraction of sp³-hybridized carbons (Fsp3) is 0.222. The highest BCUT2D eigenvalue weighted by atomic mass is 16.1. The maximum atomic E-state index is 11.0. The van der Waals surface area contributed by atoms with Gasteiger partial charge in [0.1, 0.15) is 0 Å². The number of hydrogen-bond donors (Lipinski definition) is 0. The second kappa shape index (κ2) is 2.65. The molecule has 0 aliphatic carbocycles. The molecule has 66 valence electrons. The molecule has 2 rings (SSSR count). The zero-order valence-electron chi connectivity index (χ0n) is 7.48. The Hall–Kier alpha value is -1.71. The Balaban J connectivity index is 2.70. The third kappa shape index (κ3) is 1.20. The van der Waals surface area contributed by atoms with Crippen LogP contribution in [0.4, 0.5) is 0 Å². The molecule has 0 atom stereocenters. The van der Waals surface area contributed by atoms with E-state index < -0.39 is 0 Å². The standard InChI is InChI=1S/C9H9N3O/c1-6(13)7-3-8-5-11-12(2)9(8)10-4-7/h3-5H,1-2H3. The molecule has 0 aliphatic rings. The summed E-state index contributed by atoms with van der Waals surface area (Å²) >= 11 is 0. The molecule has 13 heavy (non-hydrogen) atoms. The minimum Gasteiger partial charge on any atom is -0.294 e. The van der Waals surface area contributed by atoms with Crippen LogP contribution in [-0.4, -0.2) is 20.5 Å². The van der Waals surface area contributed by atoms with Crippen LogP contribution in [0, 0.1) is 0 Å². The van der Waals surface area contributed by atoms with Gasteiger partial charge in [-0.25, -0.2) is 4.98 Å². The van der Waals surface area contributed by atoms with Gasteiger partial charge in [0.05, 0.1) is 6.20 Å². The number of carbonyl (C=O) groups excluding carboxylic acids is 1. The van der Waals surface area contributed by atoms with Gasteiger partial charge in [-0.05, 0) is 13.0 Å². The number of aromatic nitrogens is 3. The van der Waals surface area contributed by atoms with E-state index in [1.54, 1.807) is 23.1 Å². The molecular formula is C9H9N3O. The average molecular weight is 175 g/mol. The first-order valence-electron chi connectivity index (χ1n) is 3.97. The Labute approximate surface area is 75.2 Å². The molecule has 2 heterocycles. The van der Waals surface area contributed by atoms with Crippen LogP contribution in [0.25, 0.3) is 11.0 Å². The van der Waals surface area contributed by atoms with Crippen molar-refractivity contribution < 1.29 is 4.79 Å². The van der Waals surface area contributed by atoms with Gasteiger partial charge in [-0.2, -0.15) is 5.10 Å². The molecule has 0 saturated heterocycles. The summed E-state index contributed by atoms with van der Waals surface area (Å²) in [6, 6.07) is 1.80. The number of fused-ring (bicyclic) bond motifs is 1. The predicted octanol–water partition coefficient (Wildman–Crippen LogP) is 1.17. The highest BCUT2D eigenvalue weighted by molar-refractivity contribution is 5.96. The zero-order valence-corrected chi connectivity index (χ0v) is 7.48. The van der Waals surface area contributed by atoms with Crippen LogP contribution in [0.15, 0.2) is 18.5 Å². The third-order valence-electron chi connectivity index (χ3n) is 1.98. The molecule has 4 nitrogen and oxygen atoms in total. The van der Waals surface area contributed by atoms with E-state index in [1.165, 1.54) is 6.92 Å². The number of aryl methyl sites for hydroxylation is 1. The number of ketones is 1. The molecule has 2 aromatic rings. The zero-order chi connectivity index (χ0) is 9.42. The lowest BCUT2D eigenvalue weighted by atomic mass is 10.2. The molecule has 0 N–H and O–H groups in total. The highest BCUT2D eigenvalue weighted by Gasteiger charge is 2.04. The van der Waals surface area contributed by atoms with Gasteiger partial charge in [0.25, 0.3) is 0 Å². The minimum atomic E-state index is 0.0262. The second-order valence-electron chi connectivity index (χ2n) is 2.96. The van der Waals surface area contributed by atoms with E-state index in [-0.39, 0.29) is 5.78 Å². The monoisotopic (exact) mass is 175 g/mol. The van der Waals surface area contributed by atoms with Crippen LogP contribution in [0.3, 0.4) is 0 Å². The first-order valence-corrected chi connectivity index (χ1v) is 3.97. The van der Waals surface area contributed by atoms with E-state index in [9.17, 15) is 4.79 Å². The molecule has 0 fully saturated rings. The van der Waals surface area contributed by atoms with Gasteiger partial charge in [0.15, 0.2) is 11.4 Å². The molecular weight excluding hydrogens is 166 g/mol. The van der Waals surface area contributed by atoms with Crippen LogP contribution < -0.4 is 0 Å². The Morgan fingerprint density at radius 1 is 1.46 bits per heavy atom. The largest absolute Gasteiger partial charge is 0.294 e. The van der Waals surface area contributed by atoms with Crippen molar-refractivity contribution >= 4 is 16.8 Å². The fourth-order valence-electron chi connectivity index (χ4n) is 1.24. The molecule has 0 spiro atoms. The molecule has 2 aromatic heterocycles.